The molecule has 0 spiro atoms. The molecule has 134 valence electrons. The van der Waals surface area contributed by atoms with E-state index in [0.717, 1.165) is 22.3 Å². The van der Waals surface area contributed by atoms with Gasteiger partial charge in [0.1, 0.15) is 5.69 Å². The van der Waals surface area contributed by atoms with E-state index < -0.39 is 0 Å². The number of carbonyl (C=O) groups is 2. The van der Waals surface area contributed by atoms with Gasteiger partial charge in [-0.2, -0.15) is 0 Å². The topological polar surface area (TPSA) is 66.1 Å². The highest BCUT2D eigenvalue weighted by molar-refractivity contribution is 6.09. The lowest BCUT2D eigenvalue weighted by Gasteiger charge is -2.26. The highest BCUT2D eigenvalue weighted by Gasteiger charge is 2.27. The van der Waals surface area contributed by atoms with Crippen molar-refractivity contribution in [1.29, 1.82) is 0 Å². The number of aryl methyl sites for hydroxylation is 1. The lowest BCUT2D eigenvalue weighted by molar-refractivity contribution is 0.0975. The van der Waals surface area contributed by atoms with Crippen molar-refractivity contribution in [3.8, 4) is 0 Å². The molecule has 0 saturated carbocycles. The summed E-state index contributed by atoms with van der Waals surface area (Å²) in [5, 5.41) is 0.979. The van der Waals surface area contributed by atoms with Gasteiger partial charge in [0.25, 0.3) is 5.91 Å². The van der Waals surface area contributed by atoms with Crippen molar-refractivity contribution >= 4 is 28.3 Å². The molecule has 5 nitrogen and oxygen atoms in total. The number of amides is 1. The van der Waals surface area contributed by atoms with Crippen molar-refractivity contribution in [2.24, 2.45) is 0 Å². The van der Waals surface area contributed by atoms with Gasteiger partial charge in [0, 0.05) is 22.7 Å². The Hall–Kier alpha value is -2.95. The summed E-state index contributed by atoms with van der Waals surface area (Å²) >= 11 is 0. The number of nitrogens with one attached hydrogen (secondary N) is 1. The number of fused-ring (bicyclic) bond motifs is 1. The Labute approximate surface area is 153 Å². The third-order valence-corrected chi connectivity index (χ3v) is 4.59. The molecule has 5 heteroatoms. The maximum atomic E-state index is 13.3. The van der Waals surface area contributed by atoms with Crippen LogP contribution in [0.15, 0.2) is 36.5 Å². The minimum atomic E-state index is -0.162. The second-order valence-corrected chi connectivity index (χ2v) is 6.84. The number of hydrogen-bond donors (Lipinski definition) is 1. The number of hydrogen-bond acceptors (Lipinski definition) is 3. The van der Waals surface area contributed by atoms with Crippen molar-refractivity contribution in [1.82, 2.24) is 9.97 Å². The van der Waals surface area contributed by atoms with Crippen molar-refractivity contribution in [3.05, 3.63) is 59.0 Å². The van der Waals surface area contributed by atoms with E-state index in [-0.39, 0.29) is 17.7 Å². The van der Waals surface area contributed by atoms with Crippen LogP contribution in [0.25, 0.3) is 10.9 Å². The molecule has 2 heterocycles. The Morgan fingerprint density at radius 2 is 1.85 bits per heavy atom. The van der Waals surface area contributed by atoms with Crippen LogP contribution in [0.5, 0.6) is 0 Å². The normalized spacial score (nSPS) is 11.2. The zero-order chi connectivity index (χ0) is 19.0. The first-order chi connectivity index (χ1) is 12.3. The summed E-state index contributed by atoms with van der Waals surface area (Å²) in [6, 6.07) is 9.72. The summed E-state index contributed by atoms with van der Waals surface area (Å²) in [7, 11) is 0. The van der Waals surface area contributed by atoms with Crippen molar-refractivity contribution in [3.63, 3.8) is 0 Å². The minimum absolute atomic E-state index is 0.0428. The number of carbonyl (C=O) groups excluding carboxylic acids is 2. The first-order valence-corrected chi connectivity index (χ1v) is 8.69. The van der Waals surface area contributed by atoms with Crippen LogP contribution in [0.3, 0.4) is 0 Å². The zero-order valence-corrected chi connectivity index (χ0v) is 15.8. The predicted molar refractivity (Wildman–Crippen MR) is 104 cm³/mol. The average molecular weight is 349 g/mol. The molecule has 1 N–H and O–H groups in total. The van der Waals surface area contributed by atoms with Crippen LogP contribution >= 0.6 is 0 Å². The largest absolute Gasteiger partial charge is 0.354 e. The smallest absolute Gasteiger partial charge is 0.275 e. The minimum Gasteiger partial charge on any atom is -0.354 e. The quantitative estimate of drug-likeness (QED) is 0.708. The lowest BCUT2D eigenvalue weighted by atomic mass is 10.1. The Bertz CT molecular complexity index is 1000. The van der Waals surface area contributed by atoms with Crippen LogP contribution in [-0.2, 0) is 0 Å². The molecular weight excluding hydrogens is 326 g/mol. The molecular formula is C21H23N3O2. The maximum Gasteiger partial charge on any atom is 0.275 e. The van der Waals surface area contributed by atoms with Gasteiger partial charge in [0.05, 0.1) is 17.4 Å². The average Bonchev–Trinajstić information content (AvgIpc) is 2.89. The first-order valence-electron chi connectivity index (χ1n) is 8.69. The molecule has 1 amide bonds. The summed E-state index contributed by atoms with van der Waals surface area (Å²) in [5.74, 6) is -0.205. The number of para-hydroxylation sites is 1. The van der Waals surface area contributed by atoms with E-state index in [1.165, 1.54) is 6.92 Å². The van der Waals surface area contributed by atoms with E-state index in [1.54, 1.807) is 11.1 Å². The molecule has 0 atom stereocenters. The van der Waals surface area contributed by atoms with E-state index in [0.29, 0.717) is 16.8 Å². The third-order valence-electron chi connectivity index (χ3n) is 4.59. The molecule has 0 radical (unpaired) electrons. The van der Waals surface area contributed by atoms with Gasteiger partial charge in [-0.3, -0.25) is 14.6 Å². The molecule has 3 rings (SSSR count). The van der Waals surface area contributed by atoms with Gasteiger partial charge in [-0.1, -0.05) is 18.2 Å². The number of rotatable bonds is 4. The second-order valence-electron chi connectivity index (χ2n) is 6.84. The Morgan fingerprint density at radius 1 is 1.15 bits per heavy atom. The monoisotopic (exact) mass is 349 g/mol. The van der Waals surface area contributed by atoms with Crippen LogP contribution in [0.1, 0.15) is 52.9 Å². The van der Waals surface area contributed by atoms with Crippen LogP contribution in [0.4, 0.5) is 5.69 Å². The van der Waals surface area contributed by atoms with E-state index in [4.69, 9.17) is 0 Å². The van der Waals surface area contributed by atoms with Gasteiger partial charge >= 0.3 is 0 Å². The summed E-state index contributed by atoms with van der Waals surface area (Å²) in [6.45, 7) is 9.07. The third kappa shape index (κ3) is 3.01. The van der Waals surface area contributed by atoms with Gasteiger partial charge in [-0.15, -0.1) is 0 Å². The Morgan fingerprint density at radius 3 is 2.46 bits per heavy atom. The number of nitrogens with zero attached hydrogens (tertiary/aromatic N) is 2. The molecule has 3 aromatic rings. The van der Waals surface area contributed by atoms with E-state index >= 15 is 0 Å². The van der Waals surface area contributed by atoms with Gasteiger partial charge in [0.2, 0.25) is 0 Å². The molecule has 0 aliphatic rings. The summed E-state index contributed by atoms with van der Waals surface area (Å²) in [4.78, 5) is 34.5. The fourth-order valence-electron chi connectivity index (χ4n) is 3.45. The standard InChI is InChI=1S/C21H23N3O2/c1-12(2)24(17-10-16-8-6-7-9-18(16)22-11-17)21(26)20-13(3)19(15(5)25)14(4)23-20/h6-12,23H,1-5H3. The number of anilines is 1. The highest BCUT2D eigenvalue weighted by Crippen LogP contribution is 2.26. The molecule has 0 aliphatic carbocycles. The van der Waals surface area contributed by atoms with Crippen LogP contribution in [-0.4, -0.2) is 27.7 Å². The number of ketones is 1. The second kappa shape index (κ2) is 6.75. The first kappa shape index (κ1) is 17.9. The van der Waals surface area contributed by atoms with Crippen LogP contribution in [0, 0.1) is 13.8 Å². The molecule has 1 aromatic carbocycles. The van der Waals surface area contributed by atoms with Crippen molar-refractivity contribution in [2.45, 2.75) is 40.7 Å². The number of Topliss-reactive ketones (excluding diaryl/α,β-unsaturated/α-hetero) is 1. The summed E-state index contributed by atoms with van der Waals surface area (Å²) in [5.41, 5.74) is 4.08. The molecule has 0 saturated heterocycles. The molecule has 0 aliphatic heterocycles. The SMILES string of the molecule is CC(=O)c1c(C)[nH]c(C(=O)N(c2cnc3ccccc3c2)C(C)C)c1C. The fraction of sp³-hybridized carbons (Fsp3) is 0.286. The maximum absolute atomic E-state index is 13.3. The highest BCUT2D eigenvalue weighted by atomic mass is 16.2. The number of pyridine rings is 1. The number of aromatic amines is 1. The predicted octanol–water partition coefficient (Wildman–Crippen LogP) is 4.44. The van der Waals surface area contributed by atoms with Gasteiger partial charge in [-0.25, -0.2) is 0 Å². The van der Waals surface area contributed by atoms with Crippen molar-refractivity contribution in [2.75, 3.05) is 4.90 Å². The molecule has 0 unspecified atom stereocenters. The Kier molecular flexibility index (Phi) is 4.64. The number of H-pyrrole nitrogens is 1. The molecule has 2 aromatic heterocycles. The Balaban J connectivity index is 2.09. The van der Waals surface area contributed by atoms with Crippen LogP contribution < -0.4 is 4.90 Å². The lowest BCUT2D eigenvalue weighted by Crippen LogP contribution is -2.37. The molecule has 0 fully saturated rings. The number of benzene rings is 1. The molecule has 0 bridgehead atoms. The van der Waals surface area contributed by atoms with Gasteiger partial charge < -0.3 is 9.88 Å². The van der Waals surface area contributed by atoms with Gasteiger partial charge in [-0.05, 0) is 52.3 Å². The van der Waals surface area contributed by atoms with E-state index in [1.807, 2.05) is 58.0 Å². The summed E-state index contributed by atoms with van der Waals surface area (Å²) in [6.07, 6.45) is 1.72. The van der Waals surface area contributed by atoms with Crippen LogP contribution in [0.2, 0.25) is 0 Å². The summed E-state index contributed by atoms with van der Waals surface area (Å²) < 4.78 is 0. The molecule has 26 heavy (non-hydrogen) atoms. The van der Waals surface area contributed by atoms with Gasteiger partial charge in [0.15, 0.2) is 5.78 Å². The van der Waals surface area contributed by atoms with E-state index in [9.17, 15) is 9.59 Å². The van der Waals surface area contributed by atoms with Crippen molar-refractivity contribution < 1.29 is 9.59 Å². The fourth-order valence-corrected chi connectivity index (χ4v) is 3.45. The zero-order valence-electron chi connectivity index (χ0n) is 15.8. The number of aromatic nitrogens is 2. The van der Waals surface area contributed by atoms with E-state index in [2.05, 4.69) is 9.97 Å².